The lowest BCUT2D eigenvalue weighted by atomic mass is 10.1. The number of carbonyl (C=O) groups excluding carboxylic acids is 2. The maximum Gasteiger partial charge on any atom is 0.310 e. The molecule has 128 valence electrons. The number of hydrogen-bond acceptors (Lipinski definition) is 5. The van der Waals surface area contributed by atoms with Crippen molar-refractivity contribution in [1.82, 2.24) is 4.90 Å². The first-order chi connectivity index (χ1) is 11.1. The molecule has 0 bridgehead atoms. The molecule has 0 saturated carbocycles. The quantitative estimate of drug-likeness (QED) is 0.511. The van der Waals surface area contributed by atoms with Crippen molar-refractivity contribution in [2.24, 2.45) is 5.92 Å². The average molecular weight is 323 g/mol. The largest absolute Gasteiger partial charge is 0.469 e. The van der Waals surface area contributed by atoms with Crippen LogP contribution in [-0.2, 0) is 25.5 Å². The van der Waals surface area contributed by atoms with E-state index in [-0.39, 0.29) is 38.1 Å². The van der Waals surface area contributed by atoms with Crippen LogP contribution in [0, 0.1) is 5.92 Å². The molecule has 0 aliphatic rings. The van der Waals surface area contributed by atoms with Gasteiger partial charge in [0.1, 0.15) is 0 Å². The molecule has 0 fully saturated rings. The number of carbonyl (C=O) groups is 2. The molecular formula is C17H25NO5. The normalized spacial score (nSPS) is 11.8. The topological polar surface area (TPSA) is 76.1 Å². The summed E-state index contributed by atoms with van der Waals surface area (Å²) < 4.78 is 9.93. The van der Waals surface area contributed by atoms with E-state index >= 15 is 0 Å². The fourth-order valence-electron chi connectivity index (χ4n) is 2.15. The van der Waals surface area contributed by atoms with E-state index in [1.54, 1.807) is 11.8 Å². The number of ether oxygens (including phenoxy) is 2. The zero-order chi connectivity index (χ0) is 17.1. The Morgan fingerprint density at radius 2 is 1.91 bits per heavy atom. The summed E-state index contributed by atoms with van der Waals surface area (Å²) in [5.74, 6) is -0.823. The van der Waals surface area contributed by atoms with Crippen molar-refractivity contribution in [1.29, 1.82) is 0 Å². The van der Waals surface area contributed by atoms with Crippen molar-refractivity contribution in [2.45, 2.75) is 13.3 Å². The lowest BCUT2D eigenvalue weighted by Crippen LogP contribution is -2.40. The van der Waals surface area contributed by atoms with E-state index in [4.69, 9.17) is 14.6 Å². The average Bonchev–Trinajstić information content (AvgIpc) is 2.57. The van der Waals surface area contributed by atoms with Gasteiger partial charge in [0, 0.05) is 13.1 Å². The fraction of sp³-hybridized carbons (Fsp3) is 0.529. The van der Waals surface area contributed by atoms with Gasteiger partial charge in [-0.2, -0.15) is 0 Å². The highest BCUT2D eigenvalue weighted by Gasteiger charge is 2.21. The molecule has 1 unspecified atom stereocenters. The van der Waals surface area contributed by atoms with Crippen molar-refractivity contribution in [3.05, 3.63) is 35.9 Å². The summed E-state index contributed by atoms with van der Waals surface area (Å²) in [7, 11) is 1.33. The number of aliphatic hydroxyl groups is 1. The number of rotatable bonds is 10. The zero-order valence-corrected chi connectivity index (χ0v) is 13.7. The summed E-state index contributed by atoms with van der Waals surface area (Å²) in [6, 6.07) is 9.45. The lowest BCUT2D eigenvalue weighted by Gasteiger charge is -2.25. The highest BCUT2D eigenvalue weighted by molar-refractivity contribution is 5.80. The van der Waals surface area contributed by atoms with Crippen molar-refractivity contribution in [2.75, 3.05) is 40.0 Å². The van der Waals surface area contributed by atoms with Gasteiger partial charge < -0.3 is 19.5 Å². The van der Waals surface area contributed by atoms with Gasteiger partial charge in [-0.05, 0) is 5.56 Å². The van der Waals surface area contributed by atoms with Gasteiger partial charge in [-0.3, -0.25) is 9.59 Å². The molecule has 0 spiro atoms. The molecule has 0 aliphatic heterocycles. The number of benzene rings is 1. The van der Waals surface area contributed by atoms with Crippen LogP contribution in [0.3, 0.4) is 0 Å². The van der Waals surface area contributed by atoms with Crippen LogP contribution in [0.25, 0.3) is 0 Å². The van der Waals surface area contributed by atoms with Crippen LogP contribution < -0.4 is 0 Å². The van der Waals surface area contributed by atoms with Crippen LogP contribution in [0.15, 0.2) is 30.3 Å². The Morgan fingerprint density at radius 3 is 2.52 bits per heavy atom. The molecular weight excluding hydrogens is 298 g/mol. The first kappa shape index (κ1) is 19.1. The monoisotopic (exact) mass is 323 g/mol. The Labute approximate surface area is 137 Å². The summed E-state index contributed by atoms with van der Waals surface area (Å²) in [4.78, 5) is 25.7. The molecule has 0 radical (unpaired) electrons. The third kappa shape index (κ3) is 7.25. The minimum Gasteiger partial charge on any atom is -0.469 e. The second-order valence-electron chi connectivity index (χ2n) is 5.26. The second kappa shape index (κ2) is 10.7. The number of aliphatic hydroxyl groups excluding tert-OH is 1. The van der Waals surface area contributed by atoms with E-state index < -0.39 is 5.92 Å². The van der Waals surface area contributed by atoms with Gasteiger partial charge in [0.15, 0.2) is 0 Å². The number of nitrogens with zero attached hydrogens (tertiary/aromatic N) is 1. The standard InChI is InChI=1S/C17H25NO5/c1-14(17(21)22-2)13-18(8-10-23-11-9-19)16(20)12-15-6-4-3-5-7-15/h3-7,14,19H,8-13H2,1-2H3. The van der Waals surface area contributed by atoms with Gasteiger partial charge in [0.05, 0.1) is 39.3 Å². The SMILES string of the molecule is COC(=O)C(C)CN(CCOCCO)C(=O)Cc1ccccc1. The summed E-state index contributed by atoms with van der Waals surface area (Å²) >= 11 is 0. The number of hydrogen-bond donors (Lipinski definition) is 1. The molecule has 1 N–H and O–H groups in total. The van der Waals surface area contributed by atoms with Gasteiger partial charge in [-0.15, -0.1) is 0 Å². The lowest BCUT2D eigenvalue weighted by molar-refractivity contribution is -0.146. The Morgan fingerprint density at radius 1 is 1.22 bits per heavy atom. The van der Waals surface area contributed by atoms with Crippen LogP contribution >= 0.6 is 0 Å². The maximum atomic E-state index is 12.5. The van der Waals surface area contributed by atoms with Crippen LogP contribution in [0.2, 0.25) is 0 Å². The van der Waals surface area contributed by atoms with E-state index in [0.717, 1.165) is 5.56 Å². The van der Waals surface area contributed by atoms with Crippen molar-refractivity contribution in [3.8, 4) is 0 Å². The van der Waals surface area contributed by atoms with E-state index in [1.165, 1.54) is 7.11 Å². The molecule has 6 heteroatoms. The number of amides is 1. The molecule has 0 aliphatic carbocycles. The van der Waals surface area contributed by atoms with Crippen molar-refractivity contribution >= 4 is 11.9 Å². The highest BCUT2D eigenvalue weighted by atomic mass is 16.5. The van der Waals surface area contributed by atoms with Crippen LogP contribution in [0.1, 0.15) is 12.5 Å². The molecule has 1 rings (SSSR count). The summed E-state index contributed by atoms with van der Waals surface area (Å²) in [6.45, 7) is 2.86. The zero-order valence-electron chi connectivity index (χ0n) is 13.7. The summed E-state index contributed by atoms with van der Waals surface area (Å²) in [5.41, 5.74) is 0.921. The van der Waals surface area contributed by atoms with E-state index in [1.807, 2.05) is 30.3 Å². The second-order valence-corrected chi connectivity index (χ2v) is 5.26. The van der Waals surface area contributed by atoms with Gasteiger partial charge in [0.2, 0.25) is 5.91 Å². The van der Waals surface area contributed by atoms with Crippen LogP contribution in [0.4, 0.5) is 0 Å². The molecule has 0 saturated heterocycles. The molecule has 6 nitrogen and oxygen atoms in total. The van der Waals surface area contributed by atoms with Crippen LogP contribution in [-0.4, -0.2) is 61.9 Å². The molecule has 0 heterocycles. The Bertz CT molecular complexity index is 477. The van der Waals surface area contributed by atoms with Gasteiger partial charge >= 0.3 is 5.97 Å². The molecule has 1 aromatic rings. The van der Waals surface area contributed by atoms with Crippen molar-refractivity contribution < 1.29 is 24.2 Å². The van der Waals surface area contributed by atoms with E-state index in [2.05, 4.69) is 0 Å². The fourth-order valence-corrected chi connectivity index (χ4v) is 2.15. The minimum atomic E-state index is -0.405. The predicted octanol–water partition coefficient (Wildman–Crippen LogP) is 0.876. The third-order valence-corrected chi connectivity index (χ3v) is 3.39. The molecule has 1 amide bonds. The maximum absolute atomic E-state index is 12.5. The summed E-state index contributed by atoms with van der Waals surface area (Å²) in [5, 5.41) is 8.72. The first-order valence-corrected chi connectivity index (χ1v) is 7.66. The molecule has 1 atom stereocenters. The molecule has 23 heavy (non-hydrogen) atoms. The van der Waals surface area contributed by atoms with Crippen LogP contribution in [0.5, 0.6) is 0 Å². The van der Waals surface area contributed by atoms with Gasteiger partial charge in [0.25, 0.3) is 0 Å². The van der Waals surface area contributed by atoms with E-state index in [9.17, 15) is 9.59 Å². The van der Waals surface area contributed by atoms with Gasteiger partial charge in [-0.25, -0.2) is 0 Å². The Kier molecular flexibility index (Phi) is 8.94. The first-order valence-electron chi connectivity index (χ1n) is 7.66. The Balaban J connectivity index is 2.64. The Hall–Kier alpha value is -1.92. The smallest absolute Gasteiger partial charge is 0.310 e. The number of methoxy groups -OCH3 is 1. The van der Waals surface area contributed by atoms with Crippen molar-refractivity contribution in [3.63, 3.8) is 0 Å². The highest BCUT2D eigenvalue weighted by Crippen LogP contribution is 2.07. The molecule has 1 aromatic carbocycles. The van der Waals surface area contributed by atoms with Gasteiger partial charge in [-0.1, -0.05) is 37.3 Å². The minimum absolute atomic E-state index is 0.0590. The predicted molar refractivity (Wildman–Crippen MR) is 85.8 cm³/mol. The van der Waals surface area contributed by atoms with E-state index in [0.29, 0.717) is 13.2 Å². The summed E-state index contributed by atoms with van der Waals surface area (Å²) in [6.07, 6.45) is 0.273. The molecule has 0 aromatic heterocycles. The number of esters is 1. The third-order valence-electron chi connectivity index (χ3n) is 3.39.